The molecule has 94 valence electrons. The highest BCUT2D eigenvalue weighted by molar-refractivity contribution is 5.56. The lowest BCUT2D eigenvalue weighted by Gasteiger charge is -2.14. The Labute approximate surface area is 106 Å². The summed E-state index contributed by atoms with van der Waals surface area (Å²) in [4.78, 5) is 4.11. The average molecular weight is 244 g/mol. The Morgan fingerprint density at radius 2 is 2.00 bits per heavy atom. The molecule has 1 heterocycles. The van der Waals surface area contributed by atoms with E-state index in [0.717, 1.165) is 11.4 Å². The van der Waals surface area contributed by atoms with Gasteiger partial charge in [0.25, 0.3) is 0 Å². The molecule has 2 aromatic rings. The number of hydrogen-bond donors (Lipinski definition) is 2. The first-order valence-electron chi connectivity index (χ1n) is 5.77. The lowest BCUT2D eigenvalue weighted by Crippen LogP contribution is -2.13. The Kier molecular flexibility index (Phi) is 4.15. The highest BCUT2D eigenvalue weighted by Gasteiger charge is 2.09. The molecule has 0 aliphatic heterocycles. The first-order chi connectivity index (χ1) is 8.81. The van der Waals surface area contributed by atoms with Gasteiger partial charge in [-0.25, -0.2) is 0 Å². The van der Waals surface area contributed by atoms with Gasteiger partial charge in [0.15, 0.2) is 0 Å². The molecule has 0 aliphatic carbocycles. The summed E-state index contributed by atoms with van der Waals surface area (Å²) in [6, 6.07) is 13.1. The van der Waals surface area contributed by atoms with Crippen molar-refractivity contribution in [1.82, 2.24) is 4.98 Å². The van der Waals surface area contributed by atoms with Crippen LogP contribution in [0.2, 0.25) is 0 Å². The number of pyridine rings is 1. The first kappa shape index (κ1) is 12.4. The molecule has 0 saturated heterocycles. The maximum absolute atomic E-state index is 9.98. The van der Waals surface area contributed by atoms with Gasteiger partial charge in [0.2, 0.25) is 0 Å². The van der Waals surface area contributed by atoms with Crippen molar-refractivity contribution < 1.29 is 9.84 Å². The zero-order valence-corrected chi connectivity index (χ0v) is 10.2. The lowest BCUT2D eigenvalue weighted by molar-refractivity contribution is 0.186. The summed E-state index contributed by atoms with van der Waals surface area (Å²) in [5.41, 5.74) is 1.51. The molecular formula is C14H16N2O2. The minimum atomic E-state index is -0.642. The molecule has 0 aliphatic rings. The molecule has 1 atom stereocenters. The highest BCUT2D eigenvalue weighted by atomic mass is 16.5. The monoisotopic (exact) mass is 244 g/mol. The van der Waals surface area contributed by atoms with Crippen molar-refractivity contribution in [3.63, 3.8) is 0 Å². The summed E-state index contributed by atoms with van der Waals surface area (Å²) in [5, 5.41) is 13.1. The Morgan fingerprint density at radius 3 is 2.72 bits per heavy atom. The fourth-order valence-electron chi connectivity index (χ4n) is 1.67. The van der Waals surface area contributed by atoms with Gasteiger partial charge in [0.1, 0.15) is 11.9 Å². The van der Waals surface area contributed by atoms with Crippen LogP contribution in [0.4, 0.5) is 5.69 Å². The topological polar surface area (TPSA) is 54.4 Å². The summed E-state index contributed by atoms with van der Waals surface area (Å²) < 4.78 is 5.22. The van der Waals surface area contributed by atoms with Gasteiger partial charge >= 0.3 is 0 Å². The van der Waals surface area contributed by atoms with Gasteiger partial charge in [-0.3, -0.25) is 4.98 Å². The molecule has 2 rings (SSSR count). The summed E-state index contributed by atoms with van der Waals surface area (Å²) in [5.74, 6) is 0.755. The normalized spacial score (nSPS) is 11.9. The van der Waals surface area contributed by atoms with E-state index in [9.17, 15) is 5.11 Å². The minimum Gasteiger partial charge on any atom is -0.495 e. The number of nitrogens with zero attached hydrogens (tertiary/aromatic N) is 1. The Bertz CT molecular complexity index is 488. The zero-order valence-electron chi connectivity index (χ0n) is 10.2. The minimum absolute atomic E-state index is 0.386. The largest absolute Gasteiger partial charge is 0.495 e. The quantitative estimate of drug-likeness (QED) is 0.847. The number of hydrogen-bond acceptors (Lipinski definition) is 4. The molecule has 1 aromatic carbocycles. The van der Waals surface area contributed by atoms with Crippen molar-refractivity contribution in [3.05, 3.63) is 54.4 Å². The van der Waals surface area contributed by atoms with Crippen LogP contribution in [0.3, 0.4) is 0 Å². The molecule has 1 unspecified atom stereocenters. The van der Waals surface area contributed by atoms with Gasteiger partial charge in [-0.1, -0.05) is 18.2 Å². The molecule has 1 aromatic heterocycles. The molecular weight excluding hydrogens is 228 g/mol. The molecule has 0 bridgehead atoms. The molecule has 4 nitrogen and oxygen atoms in total. The molecule has 0 saturated carbocycles. The smallest absolute Gasteiger partial charge is 0.141 e. The maximum atomic E-state index is 9.98. The third-order valence-electron chi connectivity index (χ3n) is 2.62. The van der Waals surface area contributed by atoms with Crippen molar-refractivity contribution in [2.75, 3.05) is 19.0 Å². The van der Waals surface area contributed by atoms with Crippen LogP contribution in [-0.2, 0) is 0 Å². The van der Waals surface area contributed by atoms with Crippen LogP contribution in [0.5, 0.6) is 5.75 Å². The number of nitrogens with one attached hydrogen (secondary N) is 1. The van der Waals surface area contributed by atoms with Crippen molar-refractivity contribution in [2.24, 2.45) is 0 Å². The number of anilines is 1. The van der Waals surface area contributed by atoms with Gasteiger partial charge in [0.05, 0.1) is 18.5 Å². The predicted octanol–water partition coefficient (Wildman–Crippen LogP) is 2.24. The maximum Gasteiger partial charge on any atom is 0.141 e. The number of benzene rings is 1. The molecule has 0 fully saturated rings. The second kappa shape index (κ2) is 6.02. The van der Waals surface area contributed by atoms with E-state index in [2.05, 4.69) is 10.3 Å². The van der Waals surface area contributed by atoms with E-state index in [1.807, 2.05) is 36.4 Å². The molecule has 4 heteroatoms. The van der Waals surface area contributed by atoms with Gasteiger partial charge in [-0.05, 0) is 24.3 Å². The van der Waals surface area contributed by atoms with E-state index < -0.39 is 6.10 Å². The van der Waals surface area contributed by atoms with Gasteiger partial charge in [0, 0.05) is 12.7 Å². The molecule has 0 radical (unpaired) electrons. The summed E-state index contributed by atoms with van der Waals surface area (Å²) in [7, 11) is 1.62. The highest BCUT2D eigenvalue weighted by Crippen LogP contribution is 2.23. The van der Waals surface area contributed by atoms with Crippen LogP contribution in [-0.4, -0.2) is 23.7 Å². The predicted molar refractivity (Wildman–Crippen MR) is 70.7 cm³/mol. The zero-order chi connectivity index (χ0) is 12.8. The van der Waals surface area contributed by atoms with Crippen LogP contribution >= 0.6 is 0 Å². The Balaban J connectivity index is 1.99. The van der Waals surface area contributed by atoms with Crippen LogP contribution in [0.1, 0.15) is 11.8 Å². The van der Waals surface area contributed by atoms with E-state index in [0.29, 0.717) is 12.2 Å². The average Bonchev–Trinajstić information content (AvgIpc) is 2.46. The van der Waals surface area contributed by atoms with E-state index in [4.69, 9.17) is 4.74 Å². The van der Waals surface area contributed by atoms with Crippen molar-refractivity contribution >= 4 is 5.69 Å². The number of rotatable bonds is 5. The van der Waals surface area contributed by atoms with Gasteiger partial charge in [-0.15, -0.1) is 0 Å². The van der Waals surface area contributed by atoms with Gasteiger partial charge in [-0.2, -0.15) is 0 Å². The molecule has 0 amide bonds. The summed E-state index contributed by atoms with van der Waals surface area (Å²) in [6.45, 7) is 0.386. The van der Waals surface area contributed by atoms with E-state index in [1.54, 1.807) is 19.4 Å². The van der Waals surface area contributed by atoms with E-state index in [-0.39, 0.29) is 0 Å². The van der Waals surface area contributed by atoms with Gasteiger partial charge < -0.3 is 15.2 Å². The van der Waals surface area contributed by atoms with Crippen molar-refractivity contribution in [2.45, 2.75) is 6.10 Å². The van der Waals surface area contributed by atoms with Crippen molar-refractivity contribution in [1.29, 1.82) is 0 Å². The lowest BCUT2D eigenvalue weighted by atomic mass is 10.2. The van der Waals surface area contributed by atoms with Crippen molar-refractivity contribution in [3.8, 4) is 5.75 Å². The van der Waals surface area contributed by atoms with Crippen LogP contribution in [0.15, 0.2) is 48.7 Å². The first-order valence-corrected chi connectivity index (χ1v) is 5.77. The molecule has 0 spiro atoms. The summed E-state index contributed by atoms with van der Waals surface area (Å²) >= 11 is 0. The Hall–Kier alpha value is -2.07. The number of aliphatic hydroxyl groups excluding tert-OH is 1. The second-order valence-corrected chi connectivity index (χ2v) is 3.85. The summed E-state index contributed by atoms with van der Waals surface area (Å²) in [6.07, 6.45) is 1.03. The number of ether oxygens (including phenoxy) is 1. The SMILES string of the molecule is COc1ccccc1NCC(O)c1ccccn1. The Morgan fingerprint density at radius 1 is 1.22 bits per heavy atom. The molecule has 2 N–H and O–H groups in total. The second-order valence-electron chi connectivity index (χ2n) is 3.85. The standard InChI is InChI=1S/C14H16N2O2/c1-18-14-8-3-2-7-12(14)16-10-13(17)11-6-4-5-9-15-11/h2-9,13,16-17H,10H2,1H3. The fraction of sp³-hybridized carbons (Fsp3) is 0.214. The fourth-order valence-corrected chi connectivity index (χ4v) is 1.67. The number of methoxy groups -OCH3 is 1. The number of aliphatic hydroxyl groups is 1. The van der Waals surface area contributed by atoms with Crippen LogP contribution in [0, 0.1) is 0 Å². The van der Waals surface area contributed by atoms with Crippen LogP contribution < -0.4 is 10.1 Å². The third kappa shape index (κ3) is 2.99. The van der Waals surface area contributed by atoms with E-state index >= 15 is 0 Å². The third-order valence-corrected chi connectivity index (χ3v) is 2.62. The number of para-hydroxylation sites is 2. The molecule has 18 heavy (non-hydrogen) atoms. The number of aromatic nitrogens is 1. The van der Waals surface area contributed by atoms with E-state index in [1.165, 1.54) is 0 Å². The van der Waals surface area contributed by atoms with Crippen LogP contribution in [0.25, 0.3) is 0 Å².